The highest BCUT2D eigenvalue weighted by Gasteiger charge is 2.35. The van der Waals surface area contributed by atoms with Gasteiger partial charge < -0.3 is 29.9 Å². The smallest absolute Gasteiger partial charge is 0.408 e. The lowest BCUT2D eigenvalue weighted by molar-refractivity contribution is -0.127. The molecule has 11 heteroatoms. The van der Waals surface area contributed by atoms with E-state index in [-0.39, 0.29) is 5.91 Å². The van der Waals surface area contributed by atoms with Crippen molar-refractivity contribution in [3.63, 3.8) is 0 Å². The summed E-state index contributed by atoms with van der Waals surface area (Å²) in [6.45, 7) is 9.18. The van der Waals surface area contributed by atoms with Gasteiger partial charge in [-0.2, -0.15) is 0 Å². The summed E-state index contributed by atoms with van der Waals surface area (Å²) in [6.07, 6.45) is 5.21. The van der Waals surface area contributed by atoms with E-state index in [0.29, 0.717) is 25.2 Å². The summed E-state index contributed by atoms with van der Waals surface area (Å²) in [7, 11) is 0. The Balaban J connectivity index is 1.36. The maximum absolute atomic E-state index is 14.0. The van der Waals surface area contributed by atoms with Crippen molar-refractivity contribution >= 4 is 49.7 Å². The van der Waals surface area contributed by atoms with Crippen LogP contribution in [0.4, 0.5) is 4.79 Å². The number of amides is 2. The molecule has 49 heavy (non-hydrogen) atoms. The fourth-order valence-corrected chi connectivity index (χ4v) is 6.27. The van der Waals surface area contributed by atoms with Gasteiger partial charge in [-0.15, -0.1) is 10.2 Å². The molecule has 10 nitrogen and oxygen atoms in total. The third kappa shape index (κ3) is 8.05. The zero-order valence-electron chi connectivity index (χ0n) is 28.4. The van der Waals surface area contributed by atoms with Crippen molar-refractivity contribution in [2.24, 2.45) is 0 Å². The number of carbonyl (C=O) groups is 2. The molecule has 0 aliphatic heterocycles. The summed E-state index contributed by atoms with van der Waals surface area (Å²) in [5.41, 5.74) is 3.41. The molecule has 0 saturated heterocycles. The Labute approximate surface area is 294 Å². The number of hydrogen-bond acceptors (Lipinski definition) is 5. The molecule has 3 heterocycles. The number of nitrogens with one attached hydrogen (secondary N) is 4. The topological polar surface area (TPSA) is 130 Å². The fourth-order valence-electron chi connectivity index (χ4n) is 6.00. The number of alkyl carbamates (subject to hydrolysis) is 1. The van der Waals surface area contributed by atoms with Gasteiger partial charge >= 0.3 is 6.09 Å². The van der Waals surface area contributed by atoms with E-state index in [0.717, 1.165) is 44.3 Å². The number of benzene rings is 3. The molecule has 0 fully saturated rings. The Kier molecular flexibility index (Phi) is 9.65. The molecular formula is C38H42BrN7O3. The van der Waals surface area contributed by atoms with Gasteiger partial charge in [-0.1, -0.05) is 64.5 Å². The maximum Gasteiger partial charge on any atom is 0.408 e. The molecule has 3 aromatic carbocycles. The van der Waals surface area contributed by atoms with Crippen LogP contribution in [0.2, 0.25) is 0 Å². The second-order valence-electron chi connectivity index (χ2n) is 13.9. The minimum Gasteiger partial charge on any atom is -0.444 e. The number of ether oxygens (including phenoxy) is 1. The molecule has 1 atom stereocenters. The van der Waals surface area contributed by atoms with Crippen molar-refractivity contribution in [2.75, 3.05) is 0 Å². The first kappa shape index (κ1) is 34.0. The molecule has 0 aliphatic rings. The average Bonchev–Trinajstić information content (AvgIpc) is 3.76. The molecule has 0 saturated carbocycles. The monoisotopic (exact) mass is 723 g/mol. The van der Waals surface area contributed by atoms with Crippen molar-refractivity contribution < 1.29 is 14.3 Å². The van der Waals surface area contributed by atoms with Gasteiger partial charge in [-0.05, 0) is 82.0 Å². The van der Waals surface area contributed by atoms with E-state index in [1.54, 1.807) is 34.6 Å². The number of carbonyl (C=O) groups excluding carboxylic acids is 2. The number of aryl methyl sites for hydroxylation is 2. The number of aromatic amines is 2. The summed E-state index contributed by atoms with van der Waals surface area (Å²) in [4.78, 5) is 33.5. The molecule has 2 amide bonds. The quantitative estimate of drug-likeness (QED) is 0.110. The van der Waals surface area contributed by atoms with Gasteiger partial charge in [0.15, 0.2) is 5.82 Å². The van der Waals surface area contributed by atoms with Crippen LogP contribution in [0.1, 0.15) is 69.0 Å². The van der Waals surface area contributed by atoms with E-state index in [4.69, 9.17) is 14.9 Å². The van der Waals surface area contributed by atoms with Crippen LogP contribution in [-0.4, -0.2) is 47.9 Å². The molecule has 0 aliphatic carbocycles. The van der Waals surface area contributed by atoms with Crippen molar-refractivity contribution in [2.45, 2.75) is 77.6 Å². The second-order valence-corrected chi connectivity index (χ2v) is 14.8. The molecule has 0 spiro atoms. The number of aromatic nitrogens is 5. The predicted molar refractivity (Wildman–Crippen MR) is 195 cm³/mol. The van der Waals surface area contributed by atoms with Gasteiger partial charge in [-0.3, -0.25) is 4.79 Å². The first-order valence-corrected chi connectivity index (χ1v) is 17.2. The average molecular weight is 725 g/mol. The summed E-state index contributed by atoms with van der Waals surface area (Å²) >= 11 is 3.55. The summed E-state index contributed by atoms with van der Waals surface area (Å²) in [5, 5.41) is 17.7. The minimum atomic E-state index is -1.28. The Morgan fingerprint density at radius 3 is 2.10 bits per heavy atom. The fraction of sp³-hybridized carbons (Fsp3) is 0.316. The number of nitrogens with zero attached hydrogens (tertiary/aromatic N) is 3. The lowest BCUT2D eigenvalue weighted by atomic mass is 10.0. The van der Waals surface area contributed by atoms with Crippen molar-refractivity contribution in [1.29, 1.82) is 0 Å². The lowest BCUT2D eigenvalue weighted by Crippen LogP contribution is -2.56. The van der Waals surface area contributed by atoms with E-state index in [2.05, 4.69) is 77.6 Å². The standard InChI is InChI=1S/C38H42BrN7O3/c1-37(2,3)49-36(48)43-38(4,5)35(47)42-32(20-26-22-41-31-13-9-7-11-29(26)31)34-45-44-33(46(34)23-24-14-17-27(39)18-15-24)19-16-25-21-40-30-12-8-6-10-28(25)30/h6-15,17-18,21-22,32,40-41H,16,19-20,23H2,1-5H3,(H,42,47)(H,43,48)/t32-/m1/s1. The van der Waals surface area contributed by atoms with Crippen LogP contribution in [0.5, 0.6) is 0 Å². The molecule has 254 valence electrons. The van der Waals surface area contributed by atoms with Gasteiger partial charge in [-0.25, -0.2) is 4.79 Å². The van der Waals surface area contributed by atoms with E-state index in [1.807, 2.05) is 48.7 Å². The number of H-pyrrole nitrogens is 2. The van der Waals surface area contributed by atoms with Gasteiger partial charge in [0.05, 0.1) is 12.6 Å². The van der Waals surface area contributed by atoms with Gasteiger partial charge in [0, 0.05) is 51.5 Å². The molecule has 0 radical (unpaired) electrons. The number of halogens is 1. The van der Waals surface area contributed by atoms with Gasteiger partial charge in [0.2, 0.25) is 5.91 Å². The highest BCUT2D eigenvalue weighted by Crippen LogP contribution is 2.27. The van der Waals surface area contributed by atoms with Crippen LogP contribution in [0.15, 0.2) is 89.7 Å². The minimum absolute atomic E-state index is 0.373. The Bertz CT molecular complexity index is 2090. The van der Waals surface area contributed by atoms with Crippen LogP contribution in [0, 0.1) is 0 Å². The van der Waals surface area contributed by atoms with E-state index in [1.165, 1.54) is 10.9 Å². The molecule has 3 aromatic heterocycles. The summed E-state index contributed by atoms with van der Waals surface area (Å²) < 4.78 is 8.57. The third-order valence-corrected chi connectivity index (χ3v) is 9.03. The number of rotatable bonds is 11. The predicted octanol–water partition coefficient (Wildman–Crippen LogP) is 7.54. The van der Waals surface area contributed by atoms with Crippen molar-refractivity contribution in [1.82, 2.24) is 35.4 Å². The van der Waals surface area contributed by atoms with Gasteiger partial charge in [0.1, 0.15) is 17.0 Å². The zero-order chi connectivity index (χ0) is 34.8. The highest BCUT2D eigenvalue weighted by molar-refractivity contribution is 9.10. The van der Waals surface area contributed by atoms with Gasteiger partial charge in [0.25, 0.3) is 0 Å². The van der Waals surface area contributed by atoms with Crippen LogP contribution in [0.3, 0.4) is 0 Å². The SMILES string of the molecule is CC(C)(C)OC(=O)NC(C)(C)C(=O)N[C@H](Cc1c[nH]c2ccccc12)c1nnc(CCc2c[nH]c3ccccc23)n1Cc1ccc(Br)cc1. The lowest BCUT2D eigenvalue weighted by Gasteiger charge is -2.29. The maximum atomic E-state index is 14.0. The number of hydrogen-bond donors (Lipinski definition) is 4. The van der Waals surface area contributed by atoms with E-state index < -0.39 is 23.3 Å². The molecule has 4 N–H and O–H groups in total. The summed E-state index contributed by atoms with van der Waals surface area (Å²) in [6, 6.07) is 23.9. The largest absolute Gasteiger partial charge is 0.444 e. The first-order chi connectivity index (χ1) is 23.4. The second kappa shape index (κ2) is 13.9. The Morgan fingerprint density at radius 1 is 0.837 bits per heavy atom. The molecule has 6 aromatic rings. The van der Waals surface area contributed by atoms with Crippen LogP contribution in [-0.2, 0) is 35.3 Å². The first-order valence-electron chi connectivity index (χ1n) is 16.4. The van der Waals surface area contributed by atoms with E-state index in [9.17, 15) is 9.59 Å². The van der Waals surface area contributed by atoms with Crippen LogP contribution >= 0.6 is 15.9 Å². The summed E-state index contributed by atoms with van der Waals surface area (Å²) in [5.74, 6) is 1.07. The molecule has 0 unspecified atom stereocenters. The van der Waals surface area contributed by atoms with E-state index >= 15 is 0 Å². The number of fused-ring (bicyclic) bond motifs is 2. The van der Waals surface area contributed by atoms with Crippen molar-refractivity contribution in [3.8, 4) is 0 Å². The Morgan fingerprint density at radius 2 is 1.45 bits per heavy atom. The normalized spacial score (nSPS) is 12.7. The van der Waals surface area contributed by atoms with Crippen molar-refractivity contribution in [3.05, 3.63) is 118 Å². The number of para-hydroxylation sites is 2. The Hall–Kier alpha value is -4.90. The highest BCUT2D eigenvalue weighted by atomic mass is 79.9. The molecule has 0 bridgehead atoms. The molecular weight excluding hydrogens is 682 g/mol. The van der Waals surface area contributed by atoms with Crippen LogP contribution in [0.25, 0.3) is 21.8 Å². The zero-order valence-corrected chi connectivity index (χ0v) is 30.0. The van der Waals surface area contributed by atoms with Crippen LogP contribution < -0.4 is 10.6 Å². The third-order valence-electron chi connectivity index (χ3n) is 8.50. The molecule has 6 rings (SSSR count).